The molecule has 74 valence electrons. The third-order valence-corrected chi connectivity index (χ3v) is 2.62. The molecular formula is C11H8N2O2. The van der Waals surface area contributed by atoms with Crippen molar-refractivity contribution < 1.29 is 9.90 Å². The Bertz CT molecular complexity index is 602. The van der Waals surface area contributed by atoms with Crippen molar-refractivity contribution >= 4 is 23.8 Å². The van der Waals surface area contributed by atoms with Gasteiger partial charge in [-0.2, -0.15) is 0 Å². The van der Waals surface area contributed by atoms with Gasteiger partial charge in [-0.05, 0) is 23.4 Å². The van der Waals surface area contributed by atoms with E-state index in [4.69, 9.17) is 5.11 Å². The normalized spacial score (nSPS) is 19.9. The van der Waals surface area contributed by atoms with Crippen LogP contribution in [0.3, 0.4) is 0 Å². The maximum Gasteiger partial charge on any atom is 0.330 e. The molecule has 1 aromatic carbocycles. The van der Waals surface area contributed by atoms with Gasteiger partial charge in [0.15, 0.2) is 0 Å². The lowest BCUT2D eigenvalue weighted by Crippen LogP contribution is -2.24. The number of rotatable bonds is 1. The second kappa shape index (κ2) is 2.70. The molecule has 0 aromatic heterocycles. The van der Waals surface area contributed by atoms with Gasteiger partial charge in [0.25, 0.3) is 0 Å². The van der Waals surface area contributed by atoms with Crippen LogP contribution in [0.4, 0.5) is 5.69 Å². The van der Waals surface area contributed by atoms with Gasteiger partial charge in [-0.3, -0.25) is 4.99 Å². The van der Waals surface area contributed by atoms with Crippen LogP contribution in [0.5, 0.6) is 0 Å². The molecule has 0 bridgehead atoms. The molecule has 4 heteroatoms. The van der Waals surface area contributed by atoms with Gasteiger partial charge in [-0.25, -0.2) is 4.79 Å². The van der Waals surface area contributed by atoms with E-state index in [1.54, 1.807) is 12.3 Å². The minimum Gasteiger partial charge on any atom is -0.479 e. The number of hydrogen-bond acceptors (Lipinski definition) is 3. The zero-order valence-electron chi connectivity index (χ0n) is 7.77. The topological polar surface area (TPSA) is 61.7 Å². The monoisotopic (exact) mass is 200 g/mol. The van der Waals surface area contributed by atoms with Crippen LogP contribution in [-0.4, -0.2) is 17.1 Å². The second-order valence-electron chi connectivity index (χ2n) is 3.53. The van der Waals surface area contributed by atoms with Crippen molar-refractivity contribution in [3.63, 3.8) is 0 Å². The lowest BCUT2D eigenvalue weighted by molar-refractivity contribution is -0.136. The maximum atomic E-state index is 10.8. The molecular weight excluding hydrogens is 192 g/mol. The van der Waals surface area contributed by atoms with E-state index in [2.05, 4.69) is 10.3 Å². The molecule has 2 aliphatic heterocycles. The minimum atomic E-state index is -0.862. The summed E-state index contributed by atoms with van der Waals surface area (Å²) in [6.07, 6.45) is 5.32. The average Bonchev–Trinajstić information content (AvgIpc) is 2.82. The fourth-order valence-corrected chi connectivity index (χ4v) is 1.91. The molecule has 1 aromatic rings. The van der Waals surface area contributed by atoms with Gasteiger partial charge in [-0.1, -0.05) is 6.07 Å². The van der Waals surface area contributed by atoms with Crippen LogP contribution in [0.25, 0.3) is 12.2 Å². The number of anilines is 1. The van der Waals surface area contributed by atoms with Crippen molar-refractivity contribution in [2.75, 3.05) is 5.32 Å². The molecule has 15 heavy (non-hydrogen) atoms. The molecule has 2 aliphatic rings. The Kier molecular flexibility index (Phi) is 1.48. The Morgan fingerprint density at radius 1 is 1.47 bits per heavy atom. The highest BCUT2D eigenvalue weighted by molar-refractivity contribution is 5.90. The molecule has 1 unspecified atom stereocenters. The predicted octanol–water partition coefficient (Wildman–Crippen LogP) is -0.0503. The van der Waals surface area contributed by atoms with Gasteiger partial charge >= 0.3 is 5.97 Å². The third-order valence-electron chi connectivity index (χ3n) is 2.62. The quantitative estimate of drug-likeness (QED) is 0.668. The molecule has 2 heterocycles. The van der Waals surface area contributed by atoms with E-state index in [1.165, 1.54) is 0 Å². The predicted molar refractivity (Wildman–Crippen MR) is 55.8 cm³/mol. The van der Waals surface area contributed by atoms with Crippen LogP contribution in [0, 0.1) is 0 Å². The van der Waals surface area contributed by atoms with Crippen LogP contribution in [-0.2, 0) is 4.79 Å². The minimum absolute atomic E-state index is 0.625. The lowest BCUT2D eigenvalue weighted by atomic mass is 10.1. The molecule has 1 atom stereocenters. The maximum absolute atomic E-state index is 10.8. The number of benzene rings is 1. The van der Waals surface area contributed by atoms with E-state index in [9.17, 15) is 4.79 Å². The van der Waals surface area contributed by atoms with E-state index in [0.717, 1.165) is 21.8 Å². The summed E-state index contributed by atoms with van der Waals surface area (Å²) in [5.74, 6) is -0.862. The van der Waals surface area contributed by atoms with E-state index >= 15 is 0 Å². The van der Waals surface area contributed by atoms with Crippen LogP contribution in [0.1, 0.15) is 5.56 Å². The highest BCUT2D eigenvalue weighted by atomic mass is 16.4. The highest BCUT2D eigenvalue weighted by Gasteiger charge is 2.22. The molecule has 0 fully saturated rings. The fourth-order valence-electron chi connectivity index (χ4n) is 1.91. The first-order valence-corrected chi connectivity index (χ1v) is 4.64. The zero-order valence-corrected chi connectivity index (χ0v) is 7.77. The number of carboxylic acids is 1. The van der Waals surface area contributed by atoms with Crippen LogP contribution in [0.15, 0.2) is 23.3 Å². The number of carboxylic acid groups (broad SMARTS) is 1. The van der Waals surface area contributed by atoms with Gasteiger partial charge in [0, 0.05) is 11.8 Å². The van der Waals surface area contributed by atoms with Gasteiger partial charge in [0.2, 0.25) is 0 Å². The highest BCUT2D eigenvalue weighted by Crippen LogP contribution is 2.16. The summed E-state index contributed by atoms with van der Waals surface area (Å²) in [7, 11) is 0. The first kappa shape index (κ1) is 8.23. The fraction of sp³-hybridized carbons (Fsp3) is 0.0909. The van der Waals surface area contributed by atoms with Crippen molar-refractivity contribution in [3.05, 3.63) is 34.5 Å². The Labute approximate surface area is 85.3 Å². The summed E-state index contributed by atoms with van der Waals surface area (Å²) in [6, 6.07) is 3.16. The van der Waals surface area contributed by atoms with Gasteiger partial charge < -0.3 is 10.4 Å². The molecule has 0 radical (unpaired) electrons. The number of fused-ring (bicyclic) bond motifs is 3. The smallest absolute Gasteiger partial charge is 0.330 e. The Hall–Kier alpha value is -2.10. The number of aliphatic carboxylic acids is 1. The summed E-state index contributed by atoms with van der Waals surface area (Å²) >= 11 is 0. The molecule has 2 N–H and O–H groups in total. The summed E-state index contributed by atoms with van der Waals surface area (Å²) in [5, 5.41) is 13.7. The van der Waals surface area contributed by atoms with Crippen molar-refractivity contribution in [2.45, 2.75) is 6.04 Å². The molecule has 0 spiro atoms. The van der Waals surface area contributed by atoms with Crippen LogP contribution < -0.4 is 15.9 Å². The average molecular weight is 200 g/mol. The van der Waals surface area contributed by atoms with Gasteiger partial charge in [0.1, 0.15) is 6.04 Å². The summed E-state index contributed by atoms with van der Waals surface area (Å²) in [5.41, 5.74) is 1.85. The van der Waals surface area contributed by atoms with Gasteiger partial charge in [0.05, 0.1) is 11.0 Å². The first-order valence-electron chi connectivity index (χ1n) is 4.64. The summed E-state index contributed by atoms with van der Waals surface area (Å²) in [6.45, 7) is 0. The Balaban J connectivity index is 2.21. The zero-order chi connectivity index (χ0) is 10.4. The number of nitrogens with zero attached hydrogens (tertiary/aromatic N) is 1. The van der Waals surface area contributed by atoms with E-state index in [-0.39, 0.29) is 0 Å². The summed E-state index contributed by atoms with van der Waals surface area (Å²) < 4.78 is 0. The number of hydrogen-bond donors (Lipinski definition) is 2. The Morgan fingerprint density at radius 3 is 3.13 bits per heavy atom. The number of carbonyl (C=O) groups is 1. The molecule has 0 saturated carbocycles. The third kappa shape index (κ3) is 1.08. The van der Waals surface area contributed by atoms with Crippen molar-refractivity contribution in [2.24, 2.45) is 4.99 Å². The lowest BCUT2D eigenvalue weighted by Gasteiger charge is -2.06. The van der Waals surface area contributed by atoms with E-state index < -0.39 is 12.0 Å². The molecule has 0 aliphatic carbocycles. The molecule has 0 amide bonds. The van der Waals surface area contributed by atoms with E-state index in [0.29, 0.717) is 0 Å². The van der Waals surface area contributed by atoms with Crippen LogP contribution in [0.2, 0.25) is 0 Å². The second-order valence-corrected chi connectivity index (χ2v) is 3.53. The van der Waals surface area contributed by atoms with Crippen molar-refractivity contribution in [1.29, 1.82) is 0 Å². The Morgan fingerprint density at radius 2 is 2.33 bits per heavy atom. The SMILES string of the molecule is O=C(O)C1C=c2ccc3c(c2N1)C=CN=3. The molecule has 4 nitrogen and oxygen atoms in total. The van der Waals surface area contributed by atoms with Crippen LogP contribution >= 0.6 is 0 Å². The first-order chi connectivity index (χ1) is 7.25. The molecule has 3 rings (SSSR count). The van der Waals surface area contributed by atoms with Crippen molar-refractivity contribution in [1.82, 2.24) is 0 Å². The molecule has 0 saturated heterocycles. The largest absolute Gasteiger partial charge is 0.479 e. The van der Waals surface area contributed by atoms with Gasteiger partial charge in [-0.15, -0.1) is 0 Å². The number of nitrogens with one attached hydrogen (secondary N) is 1. The van der Waals surface area contributed by atoms with E-state index in [1.807, 2.05) is 18.2 Å². The van der Waals surface area contributed by atoms with Crippen molar-refractivity contribution in [3.8, 4) is 0 Å². The summed E-state index contributed by atoms with van der Waals surface area (Å²) in [4.78, 5) is 15.0. The standard InChI is InChI=1S/C11H8N2O2/c14-11(15)9-5-6-1-2-8-7(3-4-12-8)10(6)13-9/h1-5,9,13H,(H,14,15).